The molecule has 0 bridgehead atoms. The Morgan fingerprint density at radius 2 is 2.03 bits per heavy atom. The van der Waals surface area contributed by atoms with Crippen molar-refractivity contribution in [1.82, 2.24) is 14.9 Å². The molecule has 2 aliphatic rings. The van der Waals surface area contributed by atoms with E-state index in [9.17, 15) is 14.7 Å². The highest BCUT2D eigenvalue weighted by molar-refractivity contribution is 6.29. The topological polar surface area (TPSA) is 83.4 Å². The lowest BCUT2D eigenvalue weighted by Gasteiger charge is -2.38. The zero-order valence-corrected chi connectivity index (χ0v) is 18.3. The average molecular weight is 450 g/mol. The summed E-state index contributed by atoms with van der Waals surface area (Å²) in [6.45, 7) is 0. The van der Waals surface area contributed by atoms with Crippen LogP contribution in [0.15, 0.2) is 42.7 Å². The van der Waals surface area contributed by atoms with Crippen LogP contribution in [0.3, 0.4) is 0 Å². The van der Waals surface area contributed by atoms with Crippen molar-refractivity contribution < 1.29 is 14.7 Å². The first-order chi connectivity index (χ1) is 15.6. The van der Waals surface area contributed by atoms with Crippen LogP contribution in [0.25, 0.3) is 10.9 Å². The van der Waals surface area contributed by atoms with E-state index in [1.165, 1.54) is 0 Å². The summed E-state index contributed by atoms with van der Waals surface area (Å²) in [5, 5.41) is 12.1. The predicted octanol–water partition coefficient (Wildman–Crippen LogP) is 4.26. The van der Waals surface area contributed by atoms with Crippen molar-refractivity contribution in [3.63, 3.8) is 0 Å². The van der Waals surface area contributed by atoms with E-state index in [0.717, 1.165) is 53.1 Å². The van der Waals surface area contributed by atoms with Gasteiger partial charge in [0.05, 0.1) is 23.7 Å². The summed E-state index contributed by atoms with van der Waals surface area (Å²) in [6, 6.07) is 8.81. The fourth-order valence-corrected chi connectivity index (χ4v) is 5.38. The normalized spacial score (nSPS) is 22.9. The van der Waals surface area contributed by atoms with Crippen LogP contribution in [0.2, 0.25) is 5.15 Å². The van der Waals surface area contributed by atoms with Crippen molar-refractivity contribution >= 4 is 34.7 Å². The van der Waals surface area contributed by atoms with Crippen LogP contribution in [0.1, 0.15) is 65.2 Å². The number of rotatable bonds is 5. The molecule has 3 aromatic rings. The number of amides is 1. The van der Waals surface area contributed by atoms with Crippen LogP contribution >= 0.6 is 11.6 Å². The van der Waals surface area contributed by atoms with Gasteiger partial charge in [-0.3, -0.25) is 9.78 Å². The second kappa shape index (κ2) is 8.60. The summed E-state index contributed by atoms with van der Waals surface area (Å²) in [5.41, 5.74) is 4.08. The molecule has 1 unspecified atom stereocenters. The van der Waals surface area contributed by atoms with Gasteiger partial charge in [0.2, 0.25) is 0 Å². The molecule has 3 atom stereocenters. The number of carbonyl (C=O) groups is 2. The maximum atomic E-state index is 13.7. The van der Waals surface area contributed by atoms with Crippen LogP contribution in [-0.2, 0) is 11.2 Å². The summed E-state index contributed by atoms with van der Waals surface area (Å²) in [4.78, 5) is 35.8. The van der Waals surface area contributed by atoms with E-state index in [1.807, 2.05) is 24.3 Å². The van der Waals surface area contributed by atoms with Crippen LogP contribution in [0, 0.1) is 0 Å². The fraction of sp³-hybridized carbons (Fsp3) is 0.360. The van der Waals surface area contributed by atoms with Crippen molar-refractivity contribution in [2.24, 2.45) is 0 Å². The first-order valence-electron chi connectivity index (χ1n) is 11.0. The molecule has 1 amide bonds. The van der Waals surface area contributed by atoms with Crippen molar-refractivity contribution in [1.29, 1.82) is 0 Å². The third-order valence-corrected chi connectivity index (χ3v) is 6.93. The molecule has 1 aromatic carbocycles. The van der Waals surface area contributed by atoms with Gasteiger partial charge in [-0.2, -0.15) is 0 Å². The predicted molar refractivity (Wildman–Crippen MR) is 122 cm³/mol. The van der Waals surface area contributed by atoms with E-state index < -0.39 is 12.1 Å². The van der Waals surface area contributed by atoms with Gasteiger partial charge >= 0.3 is 0 Å². The first kappa shape index (κ1) is 21.0. The number of pyridine rings is 2. The first-order valence-corrected chi connectivity index (χ1v) is 11.4. The fourth-order valence-electron chi connectivity index (χ4n) is 5.27. The molecular weight excluding hydrogens is 426 g/mol. The third kappa shape index (κ3) is 3.57. The summed E-state index contributed by atoms with van der Waals surface area (Å²) in [6.07, 6.45) is 7.84. The molecule has 2 aromatic heterocycles. The van der Waals surface area contributed by atoms with E-state index in [1.54, 1.807) is 23.4 Å². The molecule has 0 spiro atoms. The van der Waals surface area contributed by atoms with E-state index in [-0.39, 0.29) is 18.4 Å². The molecule has 5 rings (SSSR count). The number of aromatic nitrogens is 2. The number of hydrogen-bond donors (Lipinski definition) is 1. The van der Waals surface area contributed by atoms with Crippen LogP contribution in [-0.4, -0.2) is 44.3 Å². The summed E-state index contributed by atoms with van der Waals surface area (Å²) >= 11 is 5.93. The minimum absolute atomic E-state index is 0.124. The number of benzene rings is 1. The Bertz CT molecular complexity index is 1180. The molecule has 1 N–H and O–H groups in total. The van der Waals surface area contributed by atoms with E-state index in [2.05, 4.69) is 9.97 Å². The van der Waals surface area contributed by atoms with Crippen molar-refractivity contribution in [3.05, 3.63) is 70.1 Å². The van der Waals surface area contributed by atoms with E-state index in [4.69, 9.17) is 11.6 Å². The van der Waals surface area contributed by atoms with Gasteiger partial charge in [0.1, 0.15) is 11.4 Å². The Morgan fingerprint density at radius 3 is 2.78 bits per heavy atom. The third-order valence-electron chi connectivity index (χ3n) is 6.71. The van der Waals surface area contributed by atoms with Gasteiger partial charge in [-0.15, -0.1) is 0 Å². The lowest BCUT2D eigenvalue weighted by molar-refractivity contribution is -0.109. The molecule has 6 nitrogen and oxygen atoms in total. The number of hydrogen-bond acceptors (Lipinski definition) is 5. The van der Waals surface area contributed by atoms with Gasteiger partial charge in [0, 0.05) is 35.3 Å². The molecule has 0 radical (unpaired) electrons. The summed E-state index contributed by atoms with van der Waals surface area (Å²) in [7, 11) is 0. The zero-order chi connectivity index (χ0) is 22.2. The number of nitrogens with zero attached hydrogens (tertiary/aromatic N) is 3. The number of aldehydes is 1. The Morgan fingerprint density at radius 1 is 1.19 bits per heavy atom. The number of carbonyl (C=O) groups excluding carboxylic acids is 2. The maximum absolute atomic E-state index is 13.7. The molecule has 3 heterocycles. The number of aliphatic hydroxyl groups excluding tert-OH is 1. The summed E-state index contributed by atoms with van der Waals surface area (Å²) < 4.78 is 0. The van der Waals surface area contributed by atoms with Gasteiger partial charge in [-0.05, 0) is 48.6 Å². The molecule has 32 heavy (non-hydrogen) atoms. The number of aliphatic hydroxyl groups is 1. The Kier molecular flexibility index (Phi) is 5.66. The Hall–Kier alpha value is -2.83. The lowest BCUT2D eigenvalue weighted by atomic mass is 9.90. The van der Waals surface area contributed by atoms with Gasteiger partial charge in [0.25, 0.3) is 5.91 Å². The van der Waals surface area contributed by atoms with Crippen LogP contribution in [0.4, 0.5) is 0 Å². The maximum Gasteiger partial charge on any atom is 0.255 e. The smallest absolute Gasteiger partial charge is 0.255 e. The van der Waals surface area contributed by atoms with E-state index >= 15 is 0 Å². The largest absolute Gasteiger partial charge is 0.391 e. The molecule has 1 fully saturated rings. The number of fused-ring (bicyclic) bond motifs is 3. The molecule has 1 aliphatic heterocycles. The Labute approximate surface area is 191 Å². The molecule has 0 saturated heterocycles. The van der Waals surface area contributed by atoms with Crippen LogP contribution in [0.5, 0.6) is 0 Å². The van der Waals surface area contributed by atoms with Crippen molar-refractivity contribution in [3.8, 4) is 0 Å². The molecule has 1 aliphatic carbocycles. The highest BCUT2D eigenvalue weighted by Crippen LogP contribution is 2.44. The monoisotopic (exact) mass is 449 g/mol. The second-order valence-electron chi connectivity index (χ2n) is 8.61. The molecular formula is C25H24ClN3O3. The van der Waals surface area contributed by atoms with Gasteiger partial charge < -0.3 is 14.8 Å². The summed E-state index contributed by atoms with van der Waals surface area (Å²) in [5.74, 6) is -0.124. The second-order valence-corrected chi connectivity index (χ2v) is 9.00. The SMILES string of the molecule is O=CCC1c2c(cc(Cc3ccc(Cl)nc3)c3cccnc23)C(=O)N1[C@H]1CCCC[C@@H]1O. The van der Waals surface area contributed by atoms with Crippen molar-refractivity contribution in [2.75, 3.05) is 0 Å². The highest BCUT2D eigenvalue weighted by atomic mass is 35.5. The standard InChI is InChI=1S/C25H24ClN3O3/c26-22-8-7-15(14-28-22)12-16-13-18-23(24-17(16)4-3-10-27-24)20(9-11-30)29(25(18)32)19-5-1-2-6-21(19)31/h3-4,7-8,10-11,13-14,19-21,31H,1-2,5-6,9,12H2/t19-,20?,21-/m0/s1. The number of halogens is 1. The van der Waals surface area contributed by atoms with Gasteiger partial charge in [-0.1, -0.05) is 36.6 Å². The lowest BCUT2D eigenvalue weighted by Crippen LogP contribution is -2.47. The highest BCUT2D eigenvalue weighted by Gasteiger charge is 2.44. The zero-order valence-electron chi connectivity index (χ0n) is 17.6. The molecule has 1 saturated carbocycles. The molecule has 164 valence electrons. The quantitative estimate of drug-likeness (QED) is 0.464. The van der Waals surface area contributed by atoms with Gasteiger partial charge in [0.15, 0.2) is 0 Å². The average Bonchev–Trinajstić information content (AvgIpc) is 3.07. The Balaban J connectivity index is 1.64. The minimum atomic E-state index is -0.574. The van der Waals surface area contributed by atoms with Gasteiger partial charge in [-0.25, -0.2) is 4.98 Å². The van der Waals surface area contributed by atoms with Crippen LogP contribution < -0.4 is 0 Å². The minimum Gasteiger partial charge on any atom is -0.391 e. The van der Waals surface area contributed by atoms with Crippen molar-refractivity contribution in [2.45, 2.75) is 56.7 Å². The van der Waals surface area contributed by atoms with E-state index in [0.29, 0.717) is 23.6 Å². The molecule has 7 heteroatoms.